The van der Waals surface area contributed by atoms with E-state index in [-0.39, 0.29) is 5.91 Å². The molecule has 2 aliphatic heterocycles. The first-order valence-corrected chi connectivity index (χ1v) is 11.2. The van der Waals surface area contributed by atoms with Crippen LogP contribution in [0.1, 0.15) is 5.56 Å². The first kappa shape index (κ1) is 21.2. The summed E-state index contributed by atoms with van der Waals surface area (Å²) in [5, 5.41) is 13.2. The van der Waals surface area contributed by atoms with Crippen LogP contribution in [0.2, 0.25) is 0 Å². The highest BCUT2D eigenvalue weighted by Gasteiger charge is 2.48. The van der Waals surface area contributed by atoms with Crippen LogP contribution in [0.5, 0.6) is 0 Å². The smallest absolute Gasteiger partial charge is 0.282 e. The second-order valence-corrected chi connectivity index (χ2v) is 8.78. The first-order valence-electron chi connectivity index (χ1n) is 11.2. The molecule has 0 bridgehead atoms. The molecule has 6 rings (SSSR count). The summed E-state index contributed by atoms with van der Waals surface area (Å²) in [6.45, 7) is -1.02. The molecule has 0 saturated carbocycles. The average molecular weight is 473 g/mol. The molecule has 1 saturated heterocycles. The lowest BCUT2D eigenvalue weighted by Crippen LogP contribution is -2.61. The van der Waals surface area contributed by atoms with Crippen LogP contribution in [0.3, 0.4) is 0 Å². The van der Waals surface area contributed by atoms with Crippen molar-refractivity contribution in [3.8, 4) is 22.5 Å². The Morgan fingerprint density at radius 2 is 1.86 bits per heavy atom. The molecule has 10 heteroatoms. The zero-order valence-corrected chi connectivity index (χ0v) is 18.5. The van der Waals surface area contributed by atoms with E-state index in [4.69, 9.17) is 0 Å². The van der Waals surface area contributed by atoms with E-state index < -0.39 is 25.1 Å². The van der Waals surface area contributed by atoms with E-state index in [1.165, 1.54) is 4.90 Å². The van der Waals surface area contributed by atoms with Gasteiger partial charge in [-0.3, -0.25) is 9.89 Å². The largest absolute Gasteiger partial charge is 0.373 e. The number of carbonyl (C=O) groups is 1. The van der Waals surface area contributed by atoms with E-state index in [0.717, 1.165) is 33.6 Å². The Morgan fingerprint density at radius 1 is 1.06 bits per heavy atom. The number of nitrogens with one attached hydrogen (secondary N) is 3. The standard InChI is InChI=1S/C25H21F2N7O/c26-25(27)13-34(14-25)24(35)21-9-16-1-2-17(10-20(16)32-21)23-28-8-7-22(33-23)31-19-5-3-15(4-6-19)18-11-29-30-12-18/h1-8,10-12,21,32H,9,13-14H2,(H,29,30)(H,28,31,33). The Hall–Kier alpha value is -4.34. The molecular formula is C25H21F2N7O. The lowest BCUT2D eigenvalue weighted by atomic mass is 10.0. The van der Waals surface area contributed by atoms with Gasteiger partial charge < -0.3 is 15.5 Å². The summed E-state index contributed by atoms with van der Waals surface area (Å²) >= 11 is 0. The van der Waals surface area contributed by atoms with E-state index in [1.54, 1.807) is 18.5 Å². The summed E-state index contributed by atoms with van der Waals surface area (Å²) in [5.74, 6) is -1.89. The van der Waals surface area contributed by atoms with Crippen molar-refractivity contribution < 1.29 is 13.6 Å². The molecule has 4 aromatic rings. The molecule has 1 amide bonds. The minimum Gasteiger partial charge on any atom is -0.373 e. The second-order valence-electron chi connectivity index (χ2n) is 8.78. The van der Waals surface area contributed by atoms with Crippen LogP contribution in [0, 0.1) is 0 Å². The number of H-pyrrole nitrogens is 1. The van der Waals surface area contributed by atoms with E-state index >= 15 is 0 Å². The number of benzene rings is 2. The molecule has 1 unspecified atom stereocenters. The number of halogens is 2. The predicted octanol–water partition coefficient (Wildman–Crippen LogP) is 4.09. The van der Waals surface area contributed by atoms with Gasteiger partial charge in [0.05, 0.1) is 19.3 Å². The molecule has 2 aliphatic rings. The summed E-state index contributed by atoms with van der Waals surface area (Å²) < 4.78 is 26.3. The molecule has 0 aliphatic carbocycles. The van der Waals surface area contributed by atoms with Crippen molar-refractivity contribution in [1.29, 1.82) is 0 Å². The zero-order valence-electron chi connectivity index (χ0n) is 18.5. The maximum atomic E-state index is 13.1. The molecule has 2 aromatic heterocycles. The highest BCUT2D eigenvalue weighted by molar-refractivity contribution is 5.88. The van der Waals surface area contributed by atoms with Crippen molar-refractivity contribution in [3.05, 3.63) is 72.7 Å². The van der Waals surface area contributed by atoms with Crippen molar-refractivity contribution in [3.63, 3.8) is 0 Å². The second kappa shape index (κ2) is 8.15. The number of amides is 1. The fourth-order valence-electron chi connectivity index (χ4n) is 4.39. The van der Waals surface area contributed by atoms with E-state index in [2.05, 4.69) is 30.8 Å². The number of rotatable bonds is 5. The summed E-state index contributed by atoms with van der Waals surface area (Å²) in [7, 11) is 0. The van der Waals surface area contributed by atoms with Crippen molar-refractivity contribution in [1.82, 2.24) is 25.1 Å². The molecular weight excluding hydrogens is 452 g/mol. The van der Waals surface area contributed by atoms with Crippen LogP contribution in [-0.2, 0) is 11.2 Å². The van der Waals surface area contributed by atoms with Gasteiger partial charge in [-0.05, 0) is 35.4 Å². The Kier molecular flexibility index (Phi) is 4.94. The van der Waals surface area contributed by atoms with Gasteiger partial charge in [0.2, 0.25) is 5.91 Å². The third-order valence-electron chi connectivity index (χ3n) is 6.22. The lowest BCUT2D eigenvalue weighted by Gasteiger charge is -2.39. The number of aromatic amines is 1. The van der Waals surface area contributed by atoms with Gasteiger partial charge in [-0.1, -0.05) is 24.3 Å². The molecule has 0 spiro atoms. The number of alkyl halides is 2. The first-order chi connectivity index (χ1) is 16.9. The van der Waals surface area contributed by atoms with Crippen molar-refractivity contribution in [2.24, 2.45) is 0 Å². The minimum atomic E-state index is -2.77. The third kappa shape index (κ3) is 4.18. The van der Waals surface area contributed by atoms with Crippen LogP contribution < -0.4 is 10.6 Å². The van der Waals surface area contributed by atoms with Crippen LogP contribution in [0.15, 0.2) is 67.1 Å². The number of carbonyl (C=O) groups excluding carboxylic acids is 1. The Bertz CT molecular complexity index is 1380. The maximum absolute atomic E-state index is 13.1. The zero-order chi connectivity index (χ0) is 24.0. The van der Waals surface area contributed by atoms with Crippen molar-refractivity contribution >= 4 is 23.1 Å². The molecule has 35 heavy (non-hydrogen) atoms. The topological polar surface area (TPSA) is 98.8 Å². The van der Waals surface area contributed by atoms with Gasteiger partial charge in [-0.2, -0.15) is 5.10 Å². The summed E-state index contributed by atoms with van der Waals surface area (Å²) in [4.78, 5) is 22.8. The Morgan fingerprint density at radius 3 is 2.60 bits per heavy atom. The SMILES string of the molecule is O=C(C1Cc2ccc(-c3nccc(Nc4ccc(-c5cn[nH]c5)cc4)n3)cc2N1)N1CC(F)(F)C1. The maximum Gasteiger partial charge on any atom is 0.282 e. The van der Waals surface area contributed by atoms with Gasteiger partial charge in [0, 0.05) is 41.3 Å². The van der Waals surface area contributed by atoms with Gasteiger partial charge in [0.15, 0.2) is 5.82 Å². The molecule has 8 nitrogen and oxygen atoms in total. The highest BCUT2D eigenvalue weighted by Crippen LogP contribution is 2.33. The number of fused-ring (bicyclic) bond motifs is 1. The van der Waals surface area contributed by atoms with Crippen LogP contribution >= 0.6 is 0 Å². The number of hydrogen-bond acceptors (Lipinski definition) is 6. The van der Waals surface area contributed by atoms with Gasteiger partial charge in [0.25, 0.3) is 5.92 Å². The predicted molar refractivity (Wildman–Crippen MR) is 127 cm³/mol. The fraction of sp³-hybridized carbons (Fsp3) is 0.200. The Balaban J connectivity index is 1.15. The van der Waals surface area contributed by atoms with Gasteiger partial charge in [-0.15, -0.1) is 0 Å². The third-order valence-corrected chi connectivity index (χ3v) is 6.22. The average Bonchev–Trinajstić information content (AvgIpc) is 3.52. The summed E-state index contributed by atoms with van der Waals surface area (Å²) in [6.07, 6.45) is 5.76. The number of likely N-dealkylation sites (tertiary alicyclic amines) is 1. The number of aromatic nitrogens is 4. The van der Waals surface area contributed by atoms with Gasteiger partial charge in [0.1, 0.15) is 11.9 Å². The monoisotopic (exact) mass is 473 g/mol. The van der Waals surface area contributed by atoms with E-state index in [1.807, 2.05) is 48.7 Å². The van der Waals surface area contributed by atoms with E-state index in [9.17, 15) is 13.6 Å². The lowest BCUT2D eigenvalue weighted by molar-refractivity contribution is -0.166. The summed E-state index contributed by atoms with van der Waals surface area (Å²) in [5.41, 5.74) is 5.50. The number of anilines is 3. The molecule has 0 radical (unpaired) electrons. The fourth-order valence-corrected chi connectivity index (χ4v) is 4.39. The highest BCUT2D eigenvalue weighted by atomic mass is 19.3. The molecule has 4 heterocycles. The summed E-state index contributed by atoms with van der Waals surface area (Å²) in [6, 6.07) is 14.9. The van der Waals surface area contributed by atoms with Gasteiger partial charge in [-0.25, -0.2) is 18.7 Å². The van der Waals surface area contributed by atoms with Crippen LogP contribution in [0.4, 0.5) is 26.0 Å². The Labute approximate surface area is 199 Å². The number of hydrogen-bond donors (Lipinski definition) is 3. The molecule has 176 valence electrons. The normalized spacial score (nSPS) is 17.9. The minimum absolute atomic E-state index is 0.296. The van der Waals surface area contributed by atoms with E-state index in [0.29, 0.717) is 18.1 Å². The van der Waals surface area contributed by atoms with Crippen molar-refractivity contribution in [2.75, 3.05) is 23.7 Å². The molecule has 1 atom stereocenters. The number of nitrogens with zero attached hydrogens (tertiary/aromatic N) is 4. The van der Waals surface area contributed by atoms with Gasteiger partial charge >= 0.3 is 0 Å². The van der Waals surface area contributed by atoms with Crippen LogP contribution in [0.25, 0.3) is 22.5 Å². The molecule has 1 fully saturated rings. The van der Waals surface area contributed by atoms with Crippen LogP contribution in [-0.4, -0.2) is 56.0 Å². The quantitative estimate of drug-likeness (QED) is 0.404. The molecule has 2 aromatic carbocycles. The van der Waals surface area contributed by atoms with Crippen molar-refractivity contribution in [2.45, 2.75) is 18.4 Å². The molecule has 3 N–H and O–H groups in total.